The molecule has 0 aliphatic rings. The third kappa shape index (κ3) is 7.40. The Labute approximate surface area is 220 Å². The molecule has 182 valence electrons. The quantitative estimate of drug-likeness (QED) is 0.274. The molecule has 0 atom stereocenters. The van der Waals surface area contributed by atoms with E-state index in [2.05, 4.69) is 60.5 Å². The summed E-state index contributed by atoms with van der Waals surface area (Å²) in [5.74, 6) is 0.00749. The topological polar surface area (TPSA) is 45.2 Å². The largest absolute Gasteiger partial charge is 0.325 e. The van der Waals surface area contributed by atoms with Gasteiger partial charge in [-0.2, -0.15) is 0 Å². The second kappa shape index (κ2) is 13.6. The van der Waals surface area contributed by atoms with E-state index < -0.39 is 0 Å². The number of carbonyl (C=O) groups excluding carboxylic acids is 1. The molecule has 1 heterocycles. The number of halogens is 2. The summed E-state index contributed by atoms with van der Waals surface area (Å²) in [5, 5.41) is 3.00. The van der Waals surface area contributed by atoms with Gasteiger partial charge in [-0.1, -0.05) is 86.6 Å². The molecule has 0 saturated heterocycles. The minimum absolute atomic E-state index is 0. The zero-order valence-corrected chi connectivity index (χ0v) is 21.6. The van der Waals surface area contributed by atoms with Crippen molar-refractivity contribution >= 4 is 36.4 Å². The zero-order valence-electron chi connectivity index (χ0n) is 20.0. The lowest BCUT2D eigenvalue weighted by atomic mass is 10.00. The van der Waals surface area contributed by atoms with Crippen molar-refractivity contribution in [3.63, 3.8) is 0 Å². The monoisotopic (exact) mass is 507 g/mol. The lowest BCUT2D eigenvalue weighted by molar-refractivity contribution is -0.117. The third-order valence-electron chi connectivity index (χ3n) is 5.73. The van der Waals surface area contributed by atoms with E-state index in [4.69, 9.17) is 4.98 Å². The molecule has 6 heteroatoms. The molecule has 4 nitrogen and oxygen atoms in total. The summed E-state index contributed by atoms with van der Waals surface area (Å²) in [6.45, 7) is 6.25. The maximum atomic E-state index is 12.3. The van der Waals surface area contributed by atoms with E-state index in [0.717, 1.165) is 52.4 Å². The van der Waals surface area contributed by atoms with Crippen LogP contribution in [0.15, 0.2) is 97.1 Å². The van der Waals surface area contributed by atoms with Gasteiger partial charge in [-0.05, 0) is 48.5 Å². The molecule has 0 fully saturated rings. The Morgan fingerprint density at radius 3 is 1.63 bits per heavy atom. The van der Waals surface area contributed by atoms with Gasteiger partial charge >= 0.3 is 0 Å². The molecule has 0 saturated carbocycles. The molecule has 1 aromatic heterocycles. The number of carbonyl (C=O) groups is 1. The maximum absolute atomic E-state index is 12.3. The number of hydrogen-bond donors (Lipinski definition) is 1. The lowest BCUT2D eigenvalue weighted by Gasteiger charge is -2.17. The molecule has 4 rings (SSSR count). The molecule has 0 radical (unpaired) electrons. The number of rotatable bonds is 8. The molecule has 0 unspecified atom stereocenters. The van der Waals surface area contributed by atoms with Crippen LogP contribution in [0, 0.1) is 0 Å². The van der Waals surface area contributed by atoms with Crippen molar-refractivity contribution < 1.29 is 4.79 Å². The number of likely N-dealkylation sites (N-methyl/N-ethyl adjacent to an activating group) is 1. The molecule has 1 N–H and O–H groups in total. The van der Waals surface area contributed by atoms with Crippen molar-refractivity contribution in [2.45, 2.75) is 13.8 Å². The minimum atomic E-state index is 0. The first-order valence-corrected chi connectivity index (χ1v) is 11.4. The standard InChI is InChI=1S/C29H29N3O.2ClH/c1-3-32(4-2)21-29(33)30-26-17-15-22(16-18-26)25-19-27(23-11-7-5-8-12-23)31-28(20-25)24-13-9-6-10-14-24;;/h5-20H,3-4,21H2,1-2H3,(H,30,33);2*1H. The van der Waals surface area contributed by atoms with Crippen LogP contribution in [0.4, 0.5) is 5.69 Å². The minimum Gasteiger partial charge on any atom is -0.325 e. The van der Waals surface area contributed by atoms with E-state index in [1.165, 1.54) is 0 Å². The Kier molecular flexibility index (Phi) is 10.9. The molecule has 0 aliphatic heterocycles. The fourth-order valence-corrected chi connectivity index (χ4v) is 3.81. The van der Waals surface area contributed by atoms with Crippen LogP contribution in [0.3, 0.4) is 0 Å². The smallest absolute Gasteiger partial charge is 0.238 e. The van der Waals surface area contributed by atoms with Crippen molar-refractivity contribution in [1.29, 1.82) is 0 Å². The molecular formula is C29H31Cl2N3O. The zero-order chi connectivity index (χ0) is 23.0. The Balaban J connectivity index is 0.00000216. The summed E-state index contributed by atoms with van der Waals surface area (Å²) in [6, 6.07) is 32.7. The van der Waals surface area contributed by atoms with Gasteiger partial charge in [0.25, 0.3) is 0 Å². The van der Waals surface area contributed by atoms with Gasteiger partial charge in [-0.15, -0.1) is 24.8 Å². The van der Waals surface area contributed by atoms with E-state index in [-0.39, 0.29) is 30.7 Å². The highest BCUT2D eigenvalue weighted by Gasteiger charge is 2.10. The van der Waals surface area contributed by atoms with Crippen LogP contribution in [0.25, 0.3) is 33.6 Å². The molecule has 0 bridgehead atoms. The maximum Gasteiger partial charge on any atom is 0.238 e. The molecule has 0 aliphatic carbocycles. The highest BCUT2D eigenvalue weighted by atomic mass is 35.5. The predicted octanol–water partition coefficient (Wildman–Crippen LogP) is 7.21. The Morgan fingerprint density at radius 2 is 1.17 bits per heavy atom. The van der Waals surface area contributed by atoms with Crippen molar-refractivity contribution in [1.82, 2.24) is 9.88 Å². The number of amides is 1. The fourth-order valence-electron chi connectivity index (χ4n) is 3.81. The number of anilines is 1. The van der Waals surface area contributed by atoms with Gasteiger partial charge in [0, 0.05) is 16.8 Å². The van der Waals surface area contributed by atoms with Crippen LogP contribution in [-0.4, -0.2) is 35.4 Å². The van der Waals surface area contributed by atoms with E-state index in [0.29, 0.717) is 6.54 Å². The molecular weight excluding hydrogens is 477 g/mol. The van der Waals surface area contributed by atoms with Gasteiger partial charge in [-0.25, -0.2) is 4.98 Å². The summed E-state index contributed by atoms with van der Waals surface area (Å²) in [5.41, 5.74) is 6.99. The highest BCUT2D eigenvalue weighted by Crippen LogP contribution is 2.30. The van der Waals surface area contributed by atoms with Crippen LogP contribution in [0.1, 0.15) is 13.8 Å². The van der Waals surface area contributed by atoms with Crippen molar-refractivity contribution in [2.24, 2.45) is 0 Å². The highest BCUT2D eigenvalue weighted by molar-refractivity contribution is 5.92. The van der Waals surface area contributed by atoms with Gasteiger partial charge in [0.15, 0.2) is 0 Å². The normalized spacial score (nSPS) is 10.3. The average molecular weight is 508 g/mol. The first-order valence-electron chi connectivity index (χ1n) is 11.4. The van der Waals surface area contributed by atoms with E-state index >= 15 is 0 Å². The van der Waals surface area contributed by atoms with E-state index in [1.54, 1.807) is 0 Å². The van der Waals surface area contributed by atoms with E-state index in [9.17, 15) is 4.79 Å². The van der Waals surface area contributed by atoms with Gasteiger partial charge in [-0.3, -0.25) is 9.69 Å². The molecule has 35 heavy (non-hydrogen) atoms. The van der Waals surface area contributed by atoms with Crippen LogP contribution < -0.4 is 5.32 Å². The third-order valence-corrected chi connectivity index (χ3v) is 5.73. The second-order valence-corrected chi connectivity index (χ2v) is 7.95. The number of aromatic nitrogens is 1. The van der Waals surface area contributed by atoms with Crippen molar-refractivity contribution in [3.05, 3.63) is 97.1 Å². The Hall–Kier alpha value is -3.18. The first-order chi connectivity index (χ1) is 16.2. The molecule has 0 spiro atoms. The Morgan fingerprint density at radius 1 is 0.686 bits per heavy atom. The van der Waals surface area contributed by atoms with Gasteiger partial charge in [0.05, 0.1) is 17.9 Å². The second-order valence-electron chi connectivity index (χ2n) is 7.95. The number of nitrogens with one attached hydrogen (secondary N) is 1. The van der Waals surface area contributed by atoms with Crippen LogP contribution in [-0.2, 0) is 4.79 Å². The molecule has 4 aromatic rings. The average Bonchev–Trinajstić information content (AvgIpc) is 2.88. The van der Waals surface area contributed by atoms with Crippen molar-refractivity contribution in [2.75, 3.05) is 25.0 Å². The van der Waals surface area contributed by atoms with Gasteiger partial charge in [0.2, 0.25) is 5.91 Å². The molecule has 3 aromatic carbocycles. The number of nitrogens with zero attached hydrogens (tertiary/aromatic N) is 2. The SMILES string of the molecule is CCN(CC)CC(=O)Nc1ccc(-c2cc(-c3ccccc3)nc(-c3ccccc3)c2)cc1.Cl.Cl. The Bertz CT molecular complexity index is 1140. The summed E-state index contributed by atoms with van der Waals surface area (Å²) >= 11 is 0. The summed E-state index contributed by atoms with van der Waals surface area (Å²) in [6.07, 6.45) is 0. The predicted molar refractivity (Wildman–Crippen MR) is 151 cm³/mol. The summed E-state index contributed by atoms with van der Waals surface area (Å²) < 4.78 is 0. The van der Waals surface area contributed by atoms with Crippen molar-refractivity contribution in [3.8, 4) is 33.6 Å². The van der Waals surface area contributed by atoms with Crippen LogP contribution in [0.2, 0.25) is 0 Å². The summed E-state index contributed by atoms with van der Waals surface area (Å²) in [4.78, 5) is 19.4. The summed E-state index contributed by atoms with van der Waals surface area (Å²) in [7, 11) is 0. The van der Waals surface area contributed by atoms with Gasteiger partial charge < -0.3 is 5.32 Å². The van der Waals surface area contributed by atoms with E-state index in [1.807, 2.05) is 60.7 Å². The number of pyridine rings is 1. The number of hydrogen-bond acceptors (Lipinski definition) is 3. The number of benzene rings is 3. The fraction of sp³-hybridized carbons (Fsp3) is 0.172. The first kappa shape index (κ1) is 28.1. The van der Waals surface area contributed by atoms with Crippen LogP contribution in [0.5, 0.6) is 0 Å². The van der Waals surface area contributed by atoms with Gasteiger partial charge in [0.1, 0.15) is 0 Å². The molecule has 1 amide bonds. The lowest BCUT2D eigenvalue weighted by Crippen LogP contribution is -2.32. The van der Waals surface area contributed by atoms with Crippen LogP contribution >= 0.6 is 24.8 Å².